The number of hydrogen-bond donors (Lipinski definition) is 0. The smallest absolute Gasteiger partial charge is 0.139 e. The fraction of sp³-hybridized carbons (Fsp3) is 0.533. The molecule has 1 aliphatic heterocycles. The summed E-state index contributed by atoms with van der Waals surface area (Å²) in [6.07, 6.45) is 2.52. The maximum Gasteiger partial charge on any atom is 0.139 e. The van der Waals surface area contributed by atoms with E-state index in [1.807, 2.05) is 19.9 Å². The molecule has 0 N–H and O–H groups in total. The van der Waals surface area contributed by atoms with Crippen LogP contribution in [0.1, 0.15) is 39.2 Å². The molecule has 2 heteroatoms. The molecule has 0 saturated carbocycles. The lowest BCUT2D eigenvalue weighted by molar-refractivity contribution is -0.121. The molecule has 0 bridgehead atoms. The molecular weight excluding hydrogens is 210 g/mol. The zero-order chi connectivity index (χ0) is 12.5. The molecule has 17 heavy (non-hydrogen) atoms. The molecule has 1 fully saturated rings. The number of hydrogen-bond acceptors (Lipinski definition) is 2. The van der Waals surface area contributed by atoms with Crippen molar-refractivity contribution in [3.05, 3.63) is 29.8 Å². The maximum absolute atomic E-state index is 11.8. The number of ketones is 1. The zero-order valence-corrected chi connectivity index (χ0v) is 11.0. The molecule has 0 atom stereocenters. The summed E-state index contributed by atoms with van der Waals surface area (Å²) in [5.74, 6) is 0.226. The van der Waals surface area contributed by atoms with Gasteiger partial charge in [-0.3, -0.25) is 4.79 Å². The standard InChI is InChI=1S/C15H21NO/c1-12(17)15(2,3)13-8-4-5-9-14(13)16-10-6-7-11-16/h4-5,8-9H,6-7,10-11H2,1-3H3. The molecule has 0 spiro atoms. The third-order valence-corrected chi connectivity index (χ3v) is 3.90. The highest BCUT2D eigenvalue weighted by atomic mass is 16.1. The Hall–Kier alpha value is -1.31. The van der Waals surface area contributed by atoms with Crippen LogP contribution in [0, 0.1) is 0 Å². The van der Waals surface area contributed by atoms with E-state index in [9.17, 15) is 4.79 Å². The van der Waals surface area contributed by atoms with Crippen LogP contribution >= 0.6 is 0 Å². The molecule has 2 nitrogen and oxygen atoms in total. The van der Waals surface area contributed by atoms with E-state index in [1.54, 1.807) is 6.92 Å². The van der Waals surface area contributed by atoms with Gasteiger partial charge in [0, 0.05) is 24.2 Å². The van der Waals surface area contributed by atoms with Crippen molar-refractivity contribution in [2.24, 2.45) is 0 Å². The molecule has 1 aromatic rings. The summed E-state index contributed by atoms with van der Waals surface area (Å²) in [6.45, 7) is 7.95. The van der Waals surface area contributed by atoms with Crippen molar-refractivity contribution < 1.29 is 4.79 Å². The molecule has 2 rings (SSSR count). The Morgan fingerprint density at radius 1 is 1.18 bits per heavy atom. The summed E-state index contributed by atoms with van der Waals surface area (Å²) in [6, 6.07) is 8.33. The van der Waals surface area contributed by atoms with Crippen LogP contribution in [-0.4, -0.2) is 18.9 Å². The Labute approximate surface area is 104 Å². The highest BCUT2D eigenvalue weighted by Gasteiger charge is 2.30. The minimum atomic E-state index is -0.390. The summed E-state index contributed by atoms with van der Waals surface area (Å²) in [7, 11) is 0. The average Bonchev–Trinajstić information content (AvgIpc) is 2.82. The van der Waals surface area contributed by atoms with Gasteiger partial charge < -0.3 is 4.90 Å². The Bertz CT molecular complexity index is 417. The first kappa shape index (κ1) is 12.2. The molecule has 1 aliphatic rings. The lowest BCUT2D eigenvalue weighted by Crippen LogP contribution is -2.30. The zero-order valence-electron chi connectivity index (χ0n) is 11.0. The Balaban J connectivity index is 2.43. The molecule has 0 radical (unpaired) electrons. The van der Waals surface area contributed by atoms with Crippen molar-refractivity contribution >= 4 is 11.5 Å². The van der Waals surface area contributed by atoms with Gasteiger partial charge in [0.25, 0.3) is 0 Å². The van der Waals surface area contributed by atoms with Crippen LogP contribution in [0.25, 0.3) is 0 Å². The molecule has 0 aliphatic carbocycles. The van der Waals surface area contributed by atoms with Crippen molar-refractivity contribution in [2.75, 3.05) is 18.0 Å². The number of benzene rings is 1. The van der Waals surface area contributed by atoms with Crippen LogP contribution in [-0.2, 0) is 10.2 Å². The average molecular weight is 231 g/mol. The third kappa shape index (κ3) is 2.21. The highest BCUT2D eigenvalue weighted by Crippen LogP contribution is 2.34. The largest absolute Gasteiger partial charge is 0.371 e. The predicted molar refractivity (Wildman–Crippen MR) is 71.6 cm³/mol. The molecule has 0 amide bonds. The molecule has 0 unspecified atom stereocenters. The van der Waals surface area contributed by atoms with E-state index in [-0.39, 0.29) is 11.2 Å². The van der Waals surface area contributed by atoms with Crippen LogP contribution in [0.3, 0.4) is 0 Å². The van der Waals surface area contributed by atoms with Crippen molar-refractivity contribution in [2.45, 2.75) is 39.0 Å². The van der Waals surface area contributed by atoms with Crippen molar-refractivity contribution in [1.82, 2.24) is 0 Å². The first-order valence-corrected chi connectivity index (χ1v) is 6.39. The van der Waals surface area contributed by atoms with Crippen LogP contribution in [0.4, 0.5) is 5.69 Å². The molecule has 92 valence electrons. The molecule has 1 aromatic carbocycles. The van der Waals surface area contributed by atoms with Gasteiger partial charge in [-0.1, -0.05) is 18.2 Å². The quantitative estimate of drug-likeness (QED) is 0.796. The summed E-state index contributed by atoms with van der Waals surface area (Å²) in [4.78, 5) is 14.2. The number of Topliss-reactive ketones (excluding diaryl/α,β-unsaturated/α-hetero) is 1. The Morgan fingerprint density at radius 2 is 1.76 bits per heavy atom. The molecule has 1 heterocycles. The third-order valence-electron chi connectivity index (χ3n) is 3.90. The Morgan fingerprint density at radius 3 is 2.35 bits per heavy atom. The first-order valence-electron chi connectivity index (χ1n) is 6.39. The number of para-hydroxylation sites is 1. The summed E-state index contributed by atoms with van der Waals surface area (Å²) in [5.41, 5.74) is 2.01. The van der Waals surface area contributed by atoms with Gasteiger partial charge in [0.2, 0.25) is 0 Å². The summed E-state index contributed by atoms with van der Waals surface area (Å²) < 4.78 is 0. The predicted octanol–water partition coefficient (Wildman–Crippen LogP) is 3.15. The lowest BCUT2D eigenvalue weighted by atomic mass is 9.80. The van der Waals surface area contributed by atoms with E-state index < -0.39 is 0 Å². The fourth-order valence-electron chi connectivity index (χ4n) is 2.43. The summed E-state index contributed by atoms with van der Waals surface area (Å²) in [5, 5.41) is 0. The fourth-order valence-corrected chi connectivity index (χ4v) is 2.43. The SMILES string of the molecule is CC(=O)C(C)(C)c1ccccc1N1CCCC1. The Kier molecular flexibility index (Phi) is 3.23. The van der Waals surface area contributed by atoms with Gasteiger partial charge in [-0.2, -0.15) is 0 Å². The molecule has 1 saturated heterocycles. The number of anilines is 1. The minimum absolute atomic E-state index is 0.226. The summed E-state index contributed by atoms with van der Waals surface area (Å²) >= 11 is 0. The minimum Gasteiger partial charge on any atom is -0.371 e. The van der Waals surface area contributed by atoms with Gasteiger partial charge >= 0.3 is 0 Å². The number of carbonyl (C=O) groups excluding carboxylic acids is 1. The monoisotopic (exact) mass is 231 g/mol. The van der Waals surface area contributed by atoms with Gasteiger partial charge in [-0.05, 0) is 45.2 Å². The molecule has 0 aromatic heterocycles. The van der Waals surface area contributed by atoms with Crippen LogP contribution in [0.2, 0.25) is 0 Å². The van der Waals surface area contributed by atoms with Crippen molar-refractivity contribution in [1.29, 1.82) is 0 Å². The second-order valence-corrected chi connectivity index (χ2v) is 5.39. The van der Waals surface area contributed by atoms with E-state index in [2.05, 4.69) is 23.1 Å². The van der Waals surface area contributed by atoms with Crippen molar-refractivity contribution in [3.8, 4) is 0 Å². The normalized spacial score (nSPS) is 16.3. The second kappa shape index (κ2) is 4.52. The highest BCUT2D eigenvalue weighted by molar-refractivity contribution is 5.89. The van der Waals surface area contributed by atoms with E-state index in [0.29, 0.717) is 0 Å². The lowest BCUT2D eigenvalue weighted by Gasteiger charge is -2.29. The van der Waals surface area contributed by atoms with E-state index >= 15 is 0 Å². The maximum atomic E-state index is 11.8. The van der Waals surface area contributed by atoms with Gasteiger partial charge in [0.05, 0.1) is 0 Å². The van der Waals surface area contributed by atoms with Gasteiger partial charge in [-0.15, -0.1) is 0 Å². The van der Waals surface area contributed by atoms with Gasteiger partial charge in [0.15, 0.2) is 0 Å². The van der Waals surface area contributed by atoms with Gasteiger partial charge in [-0.25, -0.2) is 0 Å². The number of nitrogens with zero attached hydrogens (tertiary/aromatic N) is 1. The second-order valence-electron chi connectivity index (χ2n) is 5.39. The van der Waals surface area contributed by atoms with Crippen LogP contribution < -0.4 is 4.90 Å². The number of carbonyl (C=O) groups is 1. The van der Waals surface area contributed by atoms with E-state index in [4.69, 9.17) is 0 Å². The first-order chi connectivity index (χ1) is 8.03. The number of rotatable bonds is 3. The van der Waals surface area contributed by atoms with E-state index in [0.717, 1.165) is 18.7 Å². The van der Waals surface area contributed by atoms with Crippen LogP contribution in [0.15, 0.2) is 24.3 Å². The van der Waals surface area contributed by atoms with E-state index in [1.165, 1.54) is 18.5 Å². The molecular formula is C15H21NO. The van der Waals surface area contributed by atoms with Crippen LogP contribution in [0.5, 0.6) is 0 Å². The van der Waals surface area contributed by atoms with Crippen molar-refractivity contribution in [3.63, 3.8) is 0 Å². The van der Waals surface area contributed by atoms with Gasteiger partial charge in [0.1, 0.15) is 5.78 Å². The topological polar surface area (TPSA) is 20.3 Å².